The van der Waals surface area contributed by atoms with Gasteiger partial charge in [0.1, 0.15) is 5.75 Å². The molecule has 0 aliphatic rings. The molecule has 0 saturated carbocycles. The van der Waals surface area contributed by atoms with Crippen LogP contribution in [0.25, 0.3) is 0 Å². The second kappa shape index (κ2) is 6.77. The highest BCUT2D eigenvalue weighted by Gasteiger charge is 2.21. The smallest absolute Gasteiger partial charge is 0.257 e. The molecule has 98 valence electrons. The standard InChI is InChI=1S/C12H17F2NO.ClH/c1-7(2)8-4-5-10(16-3)9(6-8)11(15)12(13)14;/h4-7,11-12H,15H2,1-3H3;1H/t11-;/m1./s1. The van der Waals surface area contributed by atoms with Gasteiger partial charge in [0, 0.05) is 5.56 Å². The summed E-state index contributed by atoms with van der Waals surface area (Å²) in [6.07, 6.45) is -2.59. The Bertz CT molecular complexity index is 358. The highest BCUT2D eigenvalue weighted by atomic mass is 35.5. The summed E-state index contributed by atoms with van der Waals surface area (Å²) in [5.41, 5.74) is 6.80. The van der Waals surface area contributed by atoms with E-state index in [-0.39, 0.29) is 18.3 Å². The Morgan fingerprint density at radius 1 is 1.24 bits per heavy atom. The van der Waals surface area contributed by atoms with Gasteiger partial charge >= 0.3 is 0 Å². The Hall–Kier alpha value is -0.870. The van der Waals surface area contributed by atoms with Crippen molar-refractivity contribution in [3.63, 3.8) is 0 Å². The van der Waals surface area contributed by atoms with E-state index in [0.29, 0.717) is 11.3 Å². The maximum Gasteiger partial charge on any atom is 0.257 e. The quantitative estimate of drug-likeness (QED) is 0.904. The average molecular weight is 266 g/mol. The van der Waals surface area contributed by atoms with Gasteiger partial charge in [-0.25, -0.2) is 8.78 Å². The van der Waals surface area contributed by atoms with Gasteiger partial charge in [0.15, 0.2) is 0 Å². The van der Waals surface area contributed by atoms with Crippen molar-refractivity contribution in [1.82, 2.24) is 0 Å². The maximum atomic E-state index is 12.6. The molecule has 0 spiro atoms. The predicted octanol–water partition coefficient (Wildman–Crippen LogP) is 3.51. The first-order valence-electron chi connectivity index (χ1n) is 5.19. The zero-order chi connectivity index (χ0) is 12.3. The molecule has 1 aromatic carbocycles. The monoisotopic (exact) mass is 265 g/mol. The Kier molecular flexibility index (Phi) is 6.42. The lowest BCUT2D eigenvalue weighted by atomic mass is 9.97. The number of hydrogen-bond acceptors (Lipinski definition) is 2. The molecule has 17 heavy (non-hydrogen) atoms. The Morgan fingerprint density at radius 2 is 1.82 bits per heavy atom. The fourth-order valence-corrected chi connectivity index (χ4v) is 1.51. The summed E-state index contributed by atoms with van der Waals surface area (Å²) in [5, 5.41) is 0. The lowest BCUT2D eigenvalue weighted by Gasteiger charge is -2.17. The van der Waals surface area contributed by atoms with Crippen LogP contribution < -0.4 is 10.5 Å². The minimum absolute atomic E-state index is 0. The summed E-state index contributed by atoms with van der Waals surface area (Å²) < 4.78 is 30.2. The molecule has 1 rings (SSSR count). The van der Waals surface area contributed by atoms with Gasteiger partial charge < -0.3 is 10.5 Å². The van der Waals surface area contributed by atoms with Crippen LogP contribution in [-0.2, 0) is 0 Å². The summed E-state index contributed by atoms with van der Waals surface area (Å²) in [6, 6.07) is 3.95. The fourth-order valence-electron chi connectivity index (χ4n) is 1.51. The van der Waals surface area contributed by atoms with Crippen molar-refractivity contribution in [3.8, 4) is 5.75 Å². The largest absolute Gasteiger partial charge is 0.496 e. The van der Waals surface area contributed by atoms with Crippen molar-refractivity contribution in [3.05, 3.63) is 29.3 Å². The van der Waals surface area contributed by atoms with Gasteiger partial charge in [0.25, 0.3) is 6.43 Å². The van der Waals surface area contributed by atoms with Gasteiger partial charge in [-0.2, -0.15) is 0 Å². The normalized spacial score (nSPS) is 12.5. The zero-order valence-corrected chi connectivity index (χ0v) is 10.9. The number of nitrogens with two attached hydrogens (primary N) is 1. The van der Waals surface area contributed by atoms with Gasteiger partial charge in [0.2, 0.25) is 0 Å². The van der Waals surface area contributed by atoms with E-state index in [1.165, 1.54) is 7.11 Å². The molecular weight excluding hydrogens is 248 g/mol. The van der Waals surface area contributed by atoms with Gasteiger partial charge in [0.05, 0.1) is 13.2 Å². The number of methoxy groups -OCH3 is 1. The topological polar surface area (TPSA) is 35.2 Å². The third-order valence-electron chi connectivity index (χ3n) is 2.55. The molecular formula is C12H18ClF2NO. The van der Waals surface area contributed by atoms with Crippen LogP contribution in [-0.4, -0.2) is 13.5 Å². The van der Waals surface area contributed by atoms with E-state index in [9.17, 15) is 8.78 Å². The molecule has 0 radical (unpaired) electrons. The van der Waals surface area contributed by atoms with Crippen molar-refractivity contribution >= 4 is 12.4 Å². The Morgan fingerprint density at radius 3 is 2.24 bits per heavy atom. The van der Waals surface area contributed by atoms with Crippen LogP contribution in [0.2, 0.25) is 0 Å². The van der Waals surface area contributed by atoms with Crippen LogP contribution in [0, 0.1) is 0 Å². The van der Waals surface area contributed by atoms with E-state index in [4.69, 9.17) is 10.5 Å². The molecule has 1 atom stereocenters. The number of rotatable bonds is 4. The van der Waals surface area contributed by atoms with E-state index in [0.717, 1.165) is 5.56 Å². The fraction of sp³-hybridized carbons (Fsp3) is 0.500. The highest BCUT2D eigenvalue weighted by Crippen LogP contribution is 2.30. The first-order valence-corrected chi connectivity index (χ1v) is 5.19. The summed E-state index contributed by atoms with van der Waals surface area (Å²) >= 11 is 0. The van der Waals surface area contributed by atoms with Crippen molar-refractivity contribution in [1.29, 1.82) is 0 Å². The molecule has 2 nitrogen and oxygen atoms in total. The van der Waals surface area contributed by atoms with Gasteiger partial charge in [-0.3, -0.25) is 0 Å². The molecule has 0 aliphatic carbocycles. The predicted molar refractivity (Wildman–Crippen MR) is 67.3 cm³/mol. The highest BCUT2D eigenvalue weighted by molar-refractivity contribution is 5.85. The lowest BCUT2D eigenvalue weighted by molar-refractivity contribution is 0.115. The molecule has 0 amide bonds. The molecule has 0 aliphatic heterocycles. The number of hydrogen-bond donors (Lipinski definition) is 1. The molecule has 1 aromatic rings. The molecule has 0 unspecified atom stereocenters. The number of ether oxygens (including phenoxy) is 1. The van der Waals surface area contributed by atoms with Crippen molar-refractivity contribution in [2.75, 3.05) is 7.11 Å². The summed E-state index contributed by atoms with van der Waals surface area (Å²) in [7, 11) is 1.45. The third kappa shape index (κ3) is 3.82. The molecule has 0 heterocycles. The summed E-state index contributed by atoms with van der Waals surface area (Å²) in [6.45, 7) is 4.00. The molecule has 0 bridgehead atoms. The van der Waals surface area contributed by atoms with Gasteiger partial charge in [-0.1, -0.05) is 26.0 Å². The van der Waals surface area contributed by atoms with Crippen LogP contribution in [0.1, 0.15) is 36.9 Å². The van der Waals surface area contributed by atoms with Gasteiger partial charge in [-0.15, -0.1) is 12.4 Å². The zero-order valence-electron chi connectivity index (χ0n) is 10.1. The van der Waals surface area contributed by atoms with E-state index in [1.807, 2.05) is 19.9 Å². The number of benzene rings is 1. The van der Waals surface area contributed by atoms with E-state index < -0.39 is 12.5 Å². The first-order chi connectivity index (χ1) is 7.47. The van der Waals surface area contributed by atoms with Crippen LogP contribution in [0.4, 0.5) is 8.78 Å². The number of alkyl halides is 2. The van der Waals surface area contributed by atoms with Crippen LogP contribution >= 0.6 is 12.4 Å². The summed E-state index contributed by atoms with van der Waals surface area (Å²) in [4.78, 5) is 0. The van der Waals surface area contributed by atoms with E-state index in [1.54, 1.807) is 12.1 Å². The van der Waals surface area contributed by atoms with E-state index >= 15 is 0 Å². The van der Waals surface area contributed by atoms with Crippen molar-refractivity contribution < 1.29 is 13.5 Å². The summed E-state index contributed by atoms with van der Waals surface area (Å²) in [5.74, 6) is 0.687. The molecule has 0 aromatic heterocycles. The minimum atomic E-state index is -2.59. The third-order valence-corrected chi connectivity index (χ3v) is 2.55. The minimum Gasteiger partial charge on any atom is -0.496 e. The Balaban J connectivity index is 0.00000256. The van der Waals surface area contributed by atoms with E-state index in [2.05, 4.69) is 0 Å². The van der Waals surface area contributed by atoms with Crippen LogP contribution in [0.5, 0.6) is 5.75 Å². The molecule has 0 saturated heterocycles. The SMILES string of the molecule is COc1ccc(C(C)C)cc1[C@@H](N)C(F)F.Cl. The maximum absolute atomic E-state index is 12.6. The van der Waals surface area contributed by atoms with Crippen LogP contribution in [0.15, 0.2) is 18.2 Å². The molecule has 0 fully saturated rings. The first kappa shape index (κ1) is 16.1. The molecule has 2 N–H and O–H groups in total. The van der Waals surface area contributed by atoms with Crippen LogP contribution in [0.3, 0.4) is 0 Å². The average Bonchev–Trinajstić information content (AvgIpc) is 2.26. The van der Waals surface area contributed by atoms with Crippen molar-refractivity contribution in [2.45, 2.75) is 32.2 Å². The van der Waals surface area contributed by atoms with Gasteiger partial charge in [-0.05, 0) is 17.5 Å². The molecule has 5 heteroatoms. The Labute approximate surface area is 107 Å². The number of halogens is 3. The second-order valence-electron chi connectivity index (χ2n) is 4.02. The second-order valence-corrected chi connectivity index (χ2v) is 4.02. The van der Waals surface area contributed by atoms with Crippen molar-refractivity contribution in [2.24, 2.45) is 5.73 Å². The lowest BCUT2D eigenvalue weighted by Crippen LogP contribution is -2.20.